The Morgan fingerprint density at radius 1 is 1.20 bits per heavy atom. The Balaban J connectivity index is 1.45. The molecule has 30 heavy (non-hydrogen) atoms. The van der Waals surface area contributed by atoms with Crippen LogP contribution in [-0.4, -0.2) is 54.3 Å². The summed E-state index contributed by atoms with van der Waals surface area (Å²) in [5.41, 5.74) is 0.893. The summed E-state index contributed by atoms with van der Waals surface area (Å²) in [6.07, 6.45) is 4.68. The van der Waals surface area contributed by atoms with E-state index in [0.717, 1.165) is 12.8 Å². The number of aromatic nitrogens is 1. The molecule has 1 aliphatic rings. The van der Waals surface area contributed by atoms with E-state index in [1.165, 1.54) is 13.2 Å². The summed E-state index contributed by atoms with van der Waals surface area (Å²) in [6.45, 7) is 1.56. The van der Waals surface area contributed by atoms with Crippen molar-refractivity contribution >= 4 is 35.0 Å². The highest BCUT2D eigenvalue weighted by atomic mass is 35.5. The molecule has 0 spiro atoms. The zero-order valence-electron chi connectivity index (χ0n) is 16.6. The van der Waals surface area contributed by atoms with Gasteiger partial charge in [0.15, 0.2) is 0 Å². The molecule has 1 fully saturated rings. The van der Waals surface area contributed by atoms with Gasteiger partial charge in [0.25, 0.3) is 5.91 Å². The number of rotatable bonds is 5. The maximum Gasteiger partial charge on any atom is 0.313 e. The largest absolute Gasteiger partial charge is 0.495 e. The van der Waals surface area contributed by atoms with Crippen LogP contribution in [0.3, 0.4) is 0 Å². The van der Waals surface area contributed by atoms with E-state index in [2.05, 4.69) is 15.6 Å². The summed E-state index contributed by atoms with van der Waals surface area (Å²) >= 11 is 5.93. The van der Waals surface area contributed by atoms with Gasteiger partial charge in [-0.15, -0.1) is 0 Å². The predicted octanol–water partition coefficient (Wildman–Crippen LogP) is 2.35. The molecular weight excluding hydrogens is 408 g/mol. The Morgan fingerprint density at radius 2 is 1.97 bits per heavy atom. The Labute approximate surface area is 179 Å². The first-order valence-corrected chi connectivity index (χ1v) is 9.97. The Morgan fingerprint density at radius 3 is 2.63 bits per heavy atom. The number of hydrogen-bond acceptors (Lipinski definition) is 5. The van der Waals surface area contributed by atoms with E-state index >= 15 is 0 Å². The number of carbonyl (C=O) groups excluding carboxylic acids is 3. The lowest BCUT2D eigenvalue weighted by Gasteiger charge is -2.32. The number of ether oxygens (including phenoxy) is 1. The van der Waals surface area contributed by atoms with Gasteiger partial charge in [0.2, 0.25) is 0 Å². The van der Waals surface area contributed by atoms with Gasteiger partial charge in [0.05, 0.1) is 18.4 Å². The van der Waals surface area contributed by atoms with Crippen molar-refractivity contribution in [2.75, 3.05) is 32.1 Å². The van der Waals surface area contributed by atoms with Crippen molar-refractivity contribution in [2.24, 2.45) is 5.92 Å². The Hall–Kier alpha value is -3.13. The molecule has 8 nitrogen and oxygen atoms in total. The molecule has 2 N–H and O–H groups in total. The molecule has 3 rings (SSSR count). The highest BCUT2D eigenvalue weighted by Gasteiger charge is 2.25. The number of likely N-dealkylation sites (tertiary alicyclic amines) is 1. The highest BCUT2D eigenvalue weighted by molar-refractivity contribution is 6.40. The zero-order chi connectivity index (χ0) is 21.5. The number of anilines is 1. The minimum atomic E-state index is -0.792. The van der Waals surface area contributed by atoms with Crippen molar-refractivity contribution in [3.8, 4) is 5.75 Å². The molecule has 1 aromatic carbocycles. The number of nitrogens with zero attached hydrogens (tertiary/aromatic N) is 2. The van der Waals surface area contributed by atoms with Crippen LogP contribution >= 0.6 is 11.6 Å². The molecule has 1 aliphatic heterocycles. The third-order valence-corrected chi connectivity index (χ3v) is 5.21. The van der Waals surface area contributed by atoms with Crippen molar-refractivity contribution in [2.45, 2.75) is 12.8 Å². The quantitative estimate of drug-likeness (QED) is 0.709. The first kappa shape index (κ1) is 21.6. The fourth-order valence-corrected chi connectivity index (χ4v) is 3.46. The predicted molar refractivity (Wildman–Crippen MR) is 113 cm³/mol. The fourth-order valence-electron chi connectivity index (χ4n) is 3.29. The van der Waals surface area contributed by atoms with Crippen LogP contribution in [0.25, 0.3) is 0 Å². The van der Waals surface area contributed by atoms with E-state index in [1.807, 2.05) is 0 Å². The summed E-state index contributed by atoms with van der Waals surface area (Å²) in [5, 5.41) is 5.59. The first-order valence-electron chi connectivity index (χ1n) is 9.60. The number of halogens is 1. The van der Waals surface area contributed by atoms with Gasteiger partial charge in [-0.1, -0.05) is 11.6 Å². The maximum atomic E-state index is 12.5. The van der Waals surface area contributed by atoms with Crippen LogP contribution in [0.2, 0.25) is 5.02 Å². The fraction of sp³-hybridized carbons (Fsp3) is 0.333. The summed E-state index contributed by atoms with van der Waals surface area (Å²) in [4.78, 5) is 42.6. The van der Waals surface area contributed by atoms with Crippen LogP contribution in [0.1, 0.15) is 23.2 Å². The van der Waals surface area contributed by atoms with Crippen molar-refractivity contribution in [3.63, 3.8) is 0 Å². The topological polar surface area (TPSA) is 101 Å². The summed E-state index contributed by atoms with van der Waals surface area (Å²) in [7, 11) is 1.46. The molecule has 2 aromatic rings. The van der Waals surface area contributed by atoms with Crippen LogP contribution < -0.4 is 15.4 Å². The Bertz CT molecular complexity index is 914. The van der Waals surface area contributed by atoms with E-state index < -0.39 is 11.8 Å². The third kappa shape index (κ3) is 5.48. The molecule has 158 valence electrons. The second-order valence-electron chi connectivity index (χ2n) is 6.99. The SMILES string of the molecule is COc1ccc(Cl)cc1NC(=O)C(=O)NCC1CCN(C(=O)c2cccnc2)CC1. The monoisotopic (exact) mass is 430 g/mol. The number of benzene rings is 1. The standard InChI is InChI=1S/C21H23ClN4O4/c1-30-18-5-4-16(22)11-17(18)25-20(28)19(27)24-12-14-6-9-26(10-7-14)21(29)15-3-2-8-23-13-15/h2-5,8,11,13-14H,6-7,9-10,12H2,1H3,(H,24,27)(H,25,28). The maximum absolute atomic E-state index is 12.5. The smallest absolute Gasteiger partial charge is 0.313 e. The van der Waals surface area contributed by atoms with Gasteiger partial charge in [-0.3, -0.25) is 19.4 Å². The zero-order valence-corrected chi connectivity index (χ0v) is 17.3. The number of hydrogen-bond donors (Lipinski definition) is 2. The summed E-state index contributed by atoms with van der Waals surface area (Å²) in [6, 6.07) is 8.23. The van der Waals surface area contributed by atoms with Crippen LogP contribution in [0.15, 0.2) is 42.7 Å². The second kappa shape index (κ2) is 10.1. The molecule has 0 aliphatic carbocycles. The molecule has 0 bridgehead atoms. The van der Waals surface area contributed by atoms with Gasteiger partial charge >= 0.3 is 11.8 Å². The normalized spacial score (nSPS) is 14.1. The highest BCUT2D eigenvalue weighted by Crippen LogP contribution is 2.27. The average Bonchev–Trinajstić information content (AvgIpc) is 2.78. The van der Waals surface area contributed by atoms with E-state index in [0.29, 0.717) is 41.7 Å². The van der Waals surface area contributed by atoms with E-state index in [1.54, 1.807) is 41.6 Å². The molecule has 0 atom stereocenters. The van der Waals surface area contributed by atoms with Crippen LogP contribution in [0.5, 0.6) is 5.75 Å². The number of pyridine rings is 1. The van der Waals surface area contributed by atoms with Crippen molar-refractivity contribution in [1.82, 2.24) is 15.2 Å². The molecule has 0 radical (unpaired) electrons. The molecular formula is C21H23ClN4O4. The molecule has 9 heteroatoms. The number of carbonyl (C=O) groups is 3. The number of piperidine rings is 1. The summed E-state index contributed by atoms with van der Waals surface area (Å²) in [5.74, 6) is -0.960. The lowest BCUT2D eigenvalue weighted by molar-refractivity contribution is -0.136. The molecule has 3 amide bonds. The minimum Gasteiger partial charge on any atom is -0.495 e. The minimum absolute atomic E-state index is 0.0413. The number of nitrogens with one attached hydrogen (secondary N) is 2. The van der Waals surface area contributed by atoms with Crippen LogP contribution in [-0.2, 0) is 9.59 Å². The van der Waals surface area contributed by atoms with E-state index in [4.69, 9.17) is 16.3 Å². The van der Waals surface area contributed by atoms with Crippen molar-refractivity contribution in [3.05, 3.63) is 53.3 Å². The van der Waals surface area contributed by atoms with Gasteiger partial charge in [-0.2, -0.15) is 0 Å². The van der Waals surface area contributed by atoms with Gasteiger partial charge in [-0.05, 0) is 49.1 Å². The Kier molecular flexibility index (Phi) is 7.24. The van der Waals surface area contributed by atoms with Crippen molar-refractivity contribution < 1.29 is 19.1 Å². The molecule has 2 heterocycles. The van der Waals surface area contributed by atoms with E-state index in [-0.39, 0.29) is 11.8 Å². The molecule has 0 saturated carbocycles. The molecule has 0 unspecified atom stereocenters. The van der Waals surface area contributed by atoms with Gasteiger partial charge in [-0.25, -0.2) is 0 Å². The first-order chi connectivity index (χ1) is 14.5. The molecule has 1 saturated heterocycles. The van der Waals surface area contributed by atoms with Crippen molar-refractivity contribution in [1.29, 1.82) is 0 Å². The van der Waals surface area contributed by atoms with Gasteiger partial charge < -0.3 is 20.3 Å². The van der Waals surface area contributed by atoms with Gasteiger partial charge in [0.1, 0.15) is 5.75 Å². The van der Waals surface area contributed by atoms with Crippen LogP contribution in [0, 0.1) is 5.92 Å². The number of methoxy groups -OCH3 is 1. The van der Waals surface area contributed by atoms with Crippen LogP contribution in [0.4, 0.5) is 5.69 Å². The summed E-state index contributed by atoms with van der Waals surface area (Å²) < 4.78 is 5.16. The van der Waals surface area contributed by atoms with Gasteiger partial charge in [0, 0.05) is 37.1 Å². The lowest BCUT2D eigenvalue weighted by Crippen LogP contribution is -2.43. The molecule has 1 aromatic heterocycles. The van der Waals surface area contributed by atoms with E-state index in [9.17, 15) is 14.4 Å². The average molecular weight is 431 g/mol. The second-order valence-corrected chi connectivity index (χ2v) is 7.42. The third-order valence-electron chi connectivity index (χ3n) is 4.98. The lowest BCUT2D eigenvalue weighted by atomic mass is 9.96. The number of amides is 3.